The van der Waals surface area contributed by atoms with Crippen LogP contribution in [0.2, 0.25) is 0 Å². The Morgan fingerprint density at radius 1 is 1.47 bits per heavy atom. The number of non-ortho nitro benzene ring substituents is 1. The Kier molecular flexibility index (Phi) is 4.84. The van der Waals surface area contributed by atoms with E-state index in [0.717, 1.165) is 26.0 Å². The van der Waals surface area contributed by atoms with E-state index < -0.39 is 11.0 Å². The lowest BCUT2D eigenvalue weighted by Gasteiger charge is -2.14. The van der Waals surface area contributed by atoms with Gasteiger partial charge in [-0.25, -0.2) is 0 Å². The van der Waals surface area contributed by atoms with E-state index in [1.807, 2.05) is 0 Å². The van der Waals surface area contributed by atoms with Gasteiger partial charge in [0.2, 0.25) is 0 Å². The van der Waals surface area contributed by atoms with Crippen molar-refractivity contribution in [2.45, 2.75) is 25.0 Å². The van der Waals surface area contributed by atoms with Gasteiger partial charge < -0.3 is 15.2 Å². The third-order valence-corrected chi connectivity index (χ3v) is 3.22. The average molecular weight is 266 g/mol. The molecule has 0 amide bonds. The summed E-state index contributed by atoms with van der Waals surface area (Å²) in [5.74, 6) is 0. The first kappa shape index (κ1) is 13.9. The van der Waals surface area contributed by atoms with E-state index in [1.54, 1.807) is 12.1 Å². The van der Waals surface area contributed by atoms with Crippen LogP contribution in [0.5, 0.6) is 0 Å². The Hall–Kier alpha value is -1.50. The minimum absolute atomic E-state index is 0.0308. The van der Waals surface area contributed by atoms with Gasteiger partial charge in [-0.2, -0.15) is 0 Å². The maximum Gasteiger partial charge on any atom is 0.269 e. The molecule has 2 N–H and O–H groups in total. The predicted molar refractivity (Wildman–Crippen MR) is 69.9 cm³/mol. The van der Waals surface area contributed by atoms with Gasteiger partial charge in [0.15, 0.2) is 0 Å². The molecule has 0 saturated carbocycles. The molecular formula is C13H18N2O4. The Labute approximate surface area is 111 Å². The molecule has 0 aliphatic carbocycles. The first-order valence-corrected chi connectivity index (χ1v) is 6.41. The number of ether oxygens (including phenoxy) is 1. The molecule has 0 aromatic heterocycles. The van der Waals surface area contributed by atoms with Crippen molar-refractivity contribution in [1.29, 1.82) is 0 Å². The van der Waals surface area contributed by atoms with Crippen LogP contribution in [0.4, 0.5) is 5.69 Å². The highest BCUT2D eigenvalue weighted by Crippen LogP contribution is 2.17. The molecule has 6 nitrogen and oxygen atoms in total. The Balaban J connectivity index is 1.78. The van der Waals surface area contributed by atoms with E-state index >= 15 is 0 Å². The minimum atomic E-state index is -0.665. The summed E-state index contributed by atoms with van der Waals surface area (Å²) in [6.45, 7) is 1.96. The number of benzene rings is 1. The quantitative estimate of drug-likeness (QED) is 0.600. The maximum atomic E-state index is 10.5. The fraction of sp³-hybridized carbons (Fsp3) is 0.538. The van der Waals surface area contributed by atoms with Crippen LogP contribution >= 0.6 is 0 Å². The lowest BCUT2D eigenvalue weighted by Crippen LogP contribution is -2.29. The highest BCUT2D eigenvalue weighted by Gasteiger charge is 2.16. The Morgan fingerprint density at radius 2 is 2.21 bits per heavy atom. The topological polar surface area (TPSA) is 84.6 Å². The van der Waals surface area contributed by atoms with Gasteiger partial charge in [-0.1, -0.05) is 0 Å². The molecule has 1 aromatic rings. The van der Waals surface area contributed by atoms with Crippen LogP contribution in [0.25, 0.3) is 0 Å². The van der Waals surface area contributed by atoms with E-state index in [9.17, 15) is 15.2 Å². The predicted octanol–water partition coefficient (Wildman–Crippen LogP) is 1.40. The molecule has 1 fully saturated rings. The summed E-state index contributed by atoms with van der Waals surface area (Å²) in [6, 6.07) is 5.96. The first-order chi connectivity index (χ1) is 9.16. The molecule has 2 unspecified atom stereocenters. The molecule has 2 atom stereocenters. The number of nitro groups is 1. The molecule has 1 saturated heterocycles. The Morgan fingerprint density at radius 3 is 2.79 bits per heavy atom. The summed E-state index contributed by atoms with van der Waals surface area (Å²) in [5, 5.41) is 23.6. The smallest absolute Gasteiger partial charge is 0.269 e. The second-order valence-corrected chi connectivity index (χ2v) is 4.66. The SMILES string of the molecule is O=[N+]([O-])c1ccc(C(O)CNCC2CCCO2)cc1. The van der Waals surface area contributed by atoms with Crippen LogP contribution in [0.1, 0.15) is 24.5 Å². The summed E-state index contributed by atoms with van der Waals surface area (Å²) >= 11 is 0. The fourth-order valence-electron chi connectivity index (χ4n) is 2.12. The van der Waals surface area contributed by atoms with Crippen molar-refractivity contribution in [1.82, 2.24) is 5.32 Å². The third-order valence-electron chi connectivity index (χ3n) is 3.22. The molecule has 1 aliphatic heterocycles. The number of rotatable bonds is 6. The molecule has 6 heteroatoms. The highest BCUT2D eigenvalue weighted by atomic mass is 16.6. The van der Waals surface area contributed by atoms with E-state index in [-0.39, 0.29) is 11.8 Å². The van der Waals surface area contributed by atoms with Crippen molar-refractivity contribution in [2.75, 3.05) is 19.7 Å². The first-order valence-electron chi connectivity index (χ1n) is 6.41. The fourth-order valence-corrected chi connectivity index (χ4v) is 2.12. The zero-order valence-corrected chi connectivity index (χ0v) is 10.6. The van der Waals surface area contributed by atoms with E-state index in [1.165, 1.54) is 12.1 Å². The van der Waals surface area contributed by atoms with E-state index in [4.69, 9.17) is 4.74 Å². The number of aliphatic hydroxyl groups excluding tert-OH is 1. The second-order valence-electron chi connectivity index (χ2n) is 4.66. The van der Waals surface area contributed by atoms with E-state index in [0.29, 0.717) is 12.1 Å². The molecule has 1 aliphatic rings. The van der Waals surface area contributed by atoms with Gasteiger partial charge in [0.1, 0.15) is 0 Å². The molecule has 0 bridgehead atoms. The van der Waals surface area contributed by atoms with Crippen molar-refractivity contribution in [2.24, 2.45) is 0 Å². The number of aliphatic hydroxyl groups is 1. The van der Waals surface area contributed by atoms with Crippen LogP contribution in [0.15, 0.2) is 24.3 Å². The molecular weight excluding hydrogens is 248 g/mol. The highest BCUT2D eigenvalue weighted by molar-refractivity contribution is 5.33. The van der Waals surface area contributed by atoms with Gasteiger partial charge in [-0.05, 0) is 30.5 Å². The Bertz CT molecular complexity index is 415. The van der Waals surface area contributed by atoms with Crippen LogP contribution in [0.3, 0.4) is 0 Å². The molecule has 2 rings (SSSR count). The van der Waals surface area contributed by atoms with E-state index in [2.05, 4.69) is 5.32 Å². The number of nitrogens with zero attached hydrogens (tertiary/aromatic N) is 1. The average Bonchev–Trinajstić information content (AvgIpc) is 2.92. The summed E-state index contributed by atoms with van der Waals surface area (Å²) in [5.41, 5.74) is 0.703. The molecule has 1 aromatic carbocycles. The lowest BCUT2D eigenvalue weighted by atomic mass is 10.1. The van der Waals surface area contributed by atoms with Crippen molar-refractivity contribution < 1.29 is 14.8 Å². The summed E-state index contributed by atoms with van der Waals surface area (Å²) in [6.07, 6.45) is 1.73. The van der Waals surface area contributed by atoms with Crippen LogP contribution in [-0.4, -0.2) is 35.8 Å². The zero-order chi connectivity index (χ0) is 13.7. The summed E-state index contributed by atoms with van der Waals surface area (Å²) in [4.78, 5) is 10.1. The van der Waals surface area contributed by atoms with Crippen molar-refractivity contribution in [3.63, 3.8) is 0 Å². The molecule has 0 radical (unpaired) electrons. The molecule has 104 valence electrons. The van der Waals surface area contributed by atoms with Gasteiger partial charge >= 0.3 is 0 Å². The third kappa shape index (κ3) is 3.99. The molecule has 0 spiro atoms. The largest absolute Gasteiger partial charge is 0.387 e. The number of nitrogens with one attached hydrogen (secondary N) is 1. The minimum Gasteiger partial charge on any atom is -0.387 e. The van der Waals surface area contributed by atoms with Gasteiger partial charge in [-0.3, -0.25) is 10.1 Å². The monoisotopic (exact) mass is 266 g/mol. The van der Waals surface area contributed by atoms with Crippen LogP contribution in [0, 0.1) is 10.1 Å². The normalized spacial score (nSPS) is 20.4. The molecule has 1 heterocycles. The van der Waals surface area contributed by atoms with Gasteiger partial charge in [0, 0.05) is 31.8 Å². The standard InChI is InChI=1S/C13H18N2O4/c16-13(9-14-8-12-2-1-7-19-12)10-3-5-11(6-4-10)15(17)18/h3-6,12-14,16H,1-2,7-9H2. The summed E-state index contributed by atoms with van der Waals surface area (Å²) < 4.78 is 5.46. The number of hydrogen-bond donors (Lipinski definition) is 2. The van der Waals surface area contributed by atoms with Crippen molar-refractivity contribution >= 4 is 5.69 Å². The van der Waals surface area contributed by atoms with Crippen LogP contribution < -0.4 is 5.32 Å². The lowest BCUT2D eigenvalue weighted by molar-refractivity contribution is -0.384. The van der Waals surface area contributed by atoms with Gasteiger partial charge in [0.25, 0.3) is 5.69 Å². The van der Waals surface area contributed by atoms with Crippen molar-refractivity contribution in [3.05, 3.63) is 39.9 Å². The summed E-state index contributed by atoms with van der Waals surface area (Å²) in [7, 11) is 0. The zero-order valence-electron chi connectivity index (χ0n) is 10.6. The van der Waals surface area contributed by atoms with Gasteiger partial charge in [-0.15, -0.1) is 0 Å². The van der Waals surface area contributed by atoms with Gasteiger partial charge in [0.05, 0.1) is 17.1 Å². The second kappa shape index (κ2) is 6.60. The number of hydrogen-bond acceptors (Lipinski definition) is 5. The van der Waals surface area contributed by atoms with Crippen LogP contribution in [-0.2, 0) is 4.74 Å². The molecule has 19 heavy (non-hydrogen) atoms. The number of nitro benzene ring substituents is 1. The maximum absolute atomic E-state index is 10.5. The van der Waals surface area contributed by atoms with Crippen molar-refractivity contribution in [3.8, 4) is 0 Å².